The molecule has 0 spiro atoms. The van der Waals surface area contributed by atoms with E-state index in [2.05, 4.69) is 10.3 Å². The lowest BCUT2D eigenvalue weighted by atomic mass is 10.1. The number of nitrogens with one attached hydrogen (secondary N) is 1. The summed E-state index contributed by atoms with van der Waals surface area (Å²) < 4.78 is 0. The van der Waals surface area contributed by atoms with Crippen LogP contribution in [0.15, 0.2) is 5.38 Å². The Morgan fingerprint density at radius 1 is 1.56 bits per heavy atom. The molecule has 0 unspecified atom stereocenters. The third-order valence-corrected chi connectivity index (χ3v) is 3.83. The molecule has 0 atom stereocenters. The van der Waals surface area contributed by atoms with Crippen LogP contribution in [0.5, 0.6) is 0 Å². The van der Waals surface area contributed by atoms with Gasteiger partial charge in [-0.1, -0.05) is 12.8 Å². The molecule has 2 N–H and O–H groups in total. The number of aromatic nitrogens is 1. The molecule has 1 aliphatic carbocycles. The zero-order chi connectivity index (χ0) is 11.4. The Bertz CT molecular complexity index is 359. The Labute approximate surface area is 98.7 Å². The lowest BCUT2D eigenvalue weighted by Crippen LogP contribution is -2.20. The molecule has 1 saturated carbocycles. The maximum absolute atomic E-state index is 10.6. The highest BCUT2D eigenvalue weighted by Gasteiger charge is 2.14. The van der Waals surface area contributed by atoms with Crippen LogP contribution in [0.4, 0.5) is 0 Å². The average Bonchev–Trinajstić information content (AvgIpc) is 2.87. The van der Waals surface area contributed by atoms with Gasteiger partial charge >= 0.3 is 5.97 Å². The number of nitrogens with zero attached hydrogens (tertiary/aromatic N) is 1. The standard InChI is InChI=1S/C11H16N2O2S/c14-11(15)10-13-9(7-16-10)6-12-5-8-3-1-2-4-8/h7-8,12H,1-6H2,(H,14,15). The number of carbonyl (C=O) groups is 1. The number of aromatic carboxylic acids is 1. The molecule has 1 fully saturated rings. The van der Waals surface area contributed by atoms with Crippen molar-refractivity contribution in [3.8, 4) is 0 Å². The van der Waals surface area contributed by atoms with Gasteiger partial charge in [0, 0.05) is 11.9 Å². The van der Waals surface area contributed by atoms with Gasteiger partial charge in [0.05, 0.1) is 5.69 Å². The number of carboxylic acids is 1. The Morgan fingerprint density at radius 3 is 2.94 bits per heavy atom. The van der Waals surface area contributed by atoms with Crippen molar-refractivity contribution in [3.63, 3.8) is 0 Å². The highest BCUT2D eigenvalue weighted by Crippen LogP contribution is 2.23. The zero-order valence-corrected chi connectivity index (χ0v) is 9.92. The van der Waals surface area contributed by atoms with Gasteiger partial charge in [-0.3, -0.25) is 0 Å². The van der Waals surface area contributed by atoms with Crippen molar-refractivity contribution in [2.75, 3.05) is 6.54 Å². The molecule has 0 bridgehead atoms. The van der Waals surface area contributed by atoms with Crippen LogP contribution < -0.4 is 5.32 Å². The lowest BCUT2D eigenvalue weighted by Gasteiger charge is -2.08. The van der Waals surface area contributed by atoms with Crippen LogP contribution in [0.3, 0.4) is 0 Å². The van der Waals surface area contributed by atoms with E-state index in [1.165, 1.54) is 37.0 Å². The first-order chi connectivity index (χ1) is 7.75. The van der Waals surface area contributed by atoms with Crippen LogP contribution >= 0.6 is 11.3 Å². The summed E-state index contributed by atoms with van der Waals surface area (Å²) >= 11 is 1.19. The van der Waals surface area contributed by atoms with E-state index in [9.17, 15) is 4.79 Å². The van der Waals surface area contributed by atoms with Crippen molar-refractivity contribution in [1.29, 1.82) is 0 Å². The number of hydrogen-bond acceptors (Lipinski definition) is 4. The van der Waals surface area contributed by atoms with Gasteiger partial charge in [0.15, 0.2) is 0 Å². The van der Waals surface area contributed by atoms with Gasteiger partial charge in [0.25, 0.3) is 0 Å². The Hall–Kier alpha value is -0.940. The summed E-state index contributed by atoms with van der Waals surface area (Å²) in [6.07, 6.45) is 5.35. The summed E-state index contributed by atoms with van der Waals surface area (Å²) in [7, 11) is 0. The topological polar surface area (TPSA) is 62.2 Å². The highest BCUT2D eigenvalue weighted by molar-refractivity contribution is 7.11. The van der Waals surface area contributed by atoms with E-state index >= 15 is 0 Å². The first kappa shape index (κ1) is 11.5. The number of hydrogen-bond donors (Lipinski definition) is 2. The van der Waals surface area contributed by atoms with Crippen LogP contribution in [0.1, 0.15) is 41.2 Å². The van der Waals surface area contributed by atoms with E-state index in [4.69, 9.17) is 5.11 Å². The molecular formula is C11H16N2O2S. The summed E-state index contributed by atoms with van der Waals surface area (Å²) in [5, 5.41) is 14.1. The fraction of sp³-hybridized carbons (Fsp3) is 0.636. The average molecular weight is 240 g/mol. The minimum absolute atomic E-state index is 0.178. The van der Waals surface area contributed by atoms with Crippen LogP contribution in [0, 0.1) is 5.92 Å². The van der Waals surface area contributed by atoms with Gasteiger partial charge in [0.2, 0.25) is 5.01 Å². The summed E-state index contributed by atoms with van der Waals surface area (Å²) in [6, 6.07) is 0. The van der Waals surface area contributed by atoms with Gasteiger partial charge < -0.3 is 10.4 Å². The van der Waals surface area contributed by atoms with Crippen LogP contribution in [-0.2, 0) is 6.54 Å². The lowest BCUT2D eigenvalue weighted by molar-refractivity contribution is 0.0696. The zero-order valence-electron chi connectivity index (χ0n) is 9.11. The van der Waals surface area contributed by atoms with Gasteiger partial charge in [-0.15, -0.1) is 11.3 Å². The molecule has 0 amide bonds. The first-order valence-corrected chi connectivity index (χ1v) is 6.52. The molecule has 1 aromatic heterocycles. The smallest absolute Gasteiger partial charge is 0.365 e. The predicted octanol–water partition coefficient (Wildman–Crippen LogP) is 2.12. The minimum Gasteiger partial charge on any atom is -0.476 e. The van der Waals surface area contributed by atoms with Crippen molar-refractivity contribution in [3.05, 3.63) is 16.1 Å². The first-order valence-electron chi connectivity index (χ1n) is 5.64. The van der Waals surface area contributed by atoms with Crippen molar-refractivity contribution in [2.45, 2.75) is 32.2 Å². The second kappa shape index (κ2) is 5.41. The van der Waals surface area contributed by atoms with Crippen LogP contribution in [0.2, 0.25) is 0 Å². The maximum atomic E-state index is 10.6. The largest absolute Gasteiger partial charge is 0.476 e. The fourth-order valence-corrected chi connectivity index (χ4v) is 2.76. The molecule has 1 heterocycles. The molecule has 0 aliphatic heterocycles. The summed E-state index contributed by atoms with van der Waals surface area (Å²) in [4.78, 5) is 14.7. The molecule has 2 rings (SSSR count). The molecule has 4 nitrogen and oxygen atoms in total. The van der Waals surface area contributed by atoms with Crippen molar-refractivity contribution in [1.82, 2.24) is 10.3 Å². The van der Waals surface area contributed by atoms with Gasteiger partial charge in [-0.05, 0) is 25.3 Å². The molecular weight excluding hydrogens is 224 g/mol. The minimum atomic E-state index is -0.938. The van der Waals surface area contributed by atoms with E-state index in [1.807, 2.05) is 5.38 Å². The predicted molar refractivity (Wildman–Crippen MR) is 62.7 cm³/mol. The Kier molecular flexibility index (Phi) is 3.90. The number of thiazole rings is 1. The third-order valence-electron chi connectivity index (χ3n) is 2.95. The number of carboxylic acid groups (broad SMARTS) is 1. The second-order valence-corrected chi connectivity index (χ2v) is 5.09. The van der Waals surface area contributed by atoms with Crippen LogP contribution in [0.25, 0.3) is 0 Å². The monoisotopic (exact) mass is 240 g/mol. The Balaban J connectivity index is 1.74. The quantitative estimate of drug-likeness (QED) is 0.827. The van der Waals surface area contributed by atoms with E-state index in [1.54, 1.807) is 0 Å². The van der Waals surface area contributed by atoms with Gasteiger partial charge in [-0.2, -0.15) is 0 Å². The SMILES string of the molecule is O=C(O)c1nc(CNCC2CCCC2)cs1. The summed E-state index contributed by atoms with van der Waals surface area (Å²) in [5.41, 5.74) is 0.834. The van der Waals surface area contributed by atoms with Crippen molar-refractivity contribution >= 4 is 17.3 Å². The van der Waals surface area contributed by atoms with Gasteiger partial charge in [0.1, 0.15) is 0 Å². The fourth-order valence-electron chi connectivity index (χ4n) is 2.11. The van der Waals surface area contributed by atoms with Crippen molar-refractivity contribution in [2.24, 2.45) is 5.92 Å². The van der Waals surface area contributed by atoms with E-state index < -0.39 is 5.97 Å². The Morgan fingerprint density at radius 2 is 2.31 bits per heavy atom. The van der Waals surface area contributed by atoms with Gasteiger partial charge in [-0.25, -0.2) is 9.78 Å². The van der Waals surface area contributed by atoms with E-state index in [0.29, 0.717) is 6.54 Å². The summed E-state index contributed by atoms with van der Waals surface area (Å²) in [6.45, 7) is 1.71. The molecule has 88 valence electrons. The molecule has 0 saturated heterocycles. The normalized spacial score (nSPS) is 16.8. The summed E-state index contributed by atoms with van der Waals surface area (Å²) in [5.74, 6) is -0.135. The molecule has 0 radical (unpaired) electrons. The molecule has 1 aromatic rings. The molecule has 0 aromatic carbocycles. The number of rotatable bonds is 5. The van der Waals surface area contributed by atoms with Crippen molar-refractivity contribution < 1.29 is 9.90 Å². The maximum Gasteiger partial charge on any atom is 0.365 e. The van der Waals surface area contributed by atoms with Crippen LogP contribution in [-0.4, -0.2) is 22.6 Å². The van der Waals surface area contributed by atoms with E-state index in [-0.39, 0.29) is 5.01 Å². The molecule has 1 aliphatic rings. The molecule has 5 heteroatoms. The second-order valence-electron chi connectivity index (χ2n) is 4.23. The highest BCUT2D eigenvalue weighted by atomic mass is 32.1. The van der Waals surface area contributed by atoms with E-state index in [0.717, 1.165) is 18.2 Å². The third kappa shape index (κ3) is 3.02. The molecule has 16 heavy (non-hydrogen) atoms.